The van der Waals surface area contributed by atoms with Crippen molar-refractivity contribution in [1.82, 2.24) is 0 Å². The zero-order valence-electron chi connectivity index (χ0n) is 15.0. The molecular weight excluding hydrogens is 415 g/mol. The molecule has 0 heterocycles. The first-order valence-electron chi connectivity index (χ1n) is 7.55. The van der Waals surface area contributed by atoms with Crippen molar-refractivity contribution < 1.29 is 22.7 Å². The number of nitrogens with one attached hydrogen (secondary N) is 1. The molecule has 0 aliphatic carbocycles. The molecule has 7 nitrogen and oxygen atoms in total. The normalized spacial score (nSPS) is 11.0. The summed E-state index contributed by atoms with van der Waals surface area (Å²) in [5.41, 5.74) is 0.458. The van der Waals surface area contributed by atoms with Crippen molar-refractivity contribution in [3.8, 4) is 11.5 Å². The topological polar surface area (TPSA) is 84.9 Å². The summed E-state index contributed by atoms with van der Waals surface area (Å²) in [4.78, 5) is 12.9. The van der Waals surface area contributed by atoms with Crippen LogP contribution in [-0.2, 0) is 10.0 Å². The van der Waals surface area contributed by atoms with Gasteiger partial charge in [-0.3, -0.25) is 9.10 Å². The van der Waals surface area contributed by atoms with Gasteiger partial charge in [-0.25, -0.2) is 8.42 Å². The Morgan fingerprint density at radius 2 is 1.70 bits per heavy atom. The number of sulfonamides is 1. The number of methoxy groups -OCH3 is 2. The lowest BCUT2D eigenvalue weighted by Crippen LogP contribution is -2.28. The van der Waals surface area contributed by atoms with E-state index in [1.807, 2.05) is 0 Å². The molecule has 0 radical (unpaired) electrons. The van der Waals surface area contributed by atoms with Crippen LogP contribution in [0.25, 0.3) is 0 Å². The predicted octanol–water partition coefficient (Wildman–Crippen LogP) is 3.66. The highest BCUT2D eigenvalue weighted by Crippen LogP contribution is 2.37. The fraction of sp³-hybridized carbons (Fsp3) is 0.235. The molecule has 1 amide bonds. The van der Waals surface area contributed by atoms with Gasteiger partial charge in [-0.15, -0.1) is 0 Å². The maximum absolute atomic E-state index is 12.9. The van der Waals surface area contributed by atoms with E-state index in [1.165, 1.54) is 33.4 Å². The Morgan fingerprint density at radius 3 is 2.26 bits per heavy atom. The van der Waals surface area contributed by atoms with Crippen LogP contribution in [0, 0.1) is 0 Å². The zero-order chi connectivity index (χ0) is 20.4. The van der Waals surface area contributed by atoms with Crippen molar-refractivity contribution in [2.75, 3.05) is 37.1 Å². The van der Waals surface area contributed by atoms with Crippen molar-refractivity contribution in [3.63, 3.8) is 0 Å². The van der Waals surface area contributed by atoms with E-state index in [2.05, 4.69) is 5.32 Å². The first kappa shape index (κ1) is 21.1. The maximum atomic E-state index is 12.9. The van der Waals surface area contributed by atoms with Crippen LogP contribution in [0.5, 0.6) is 11.5 Å². The van der Waals surface area contributed by atoms with E-state index in [0.29, 0.717) is 0 Å². The molecule has 0 unspecified atom stereocenters. The fourth-order valence-electron chi connectivity index (χ4n) is 2.28. The third kappa shape index (κ3) is 4.58. The molecule has 2 rings (SSSR count). The number of hydrogen-bond donors (Lipinski definition) is 1. The molecule has 0 aromatic heterocycles. The number of ether oxygens (including phenoxy) is 2. The minimum Gasteiger partial charge on any atom is -0.493 e. The van der Waals surface area contributed by atoms with E-state index in [-0.39, 0.29) is 38.5 Å². The second-order valence-corrected chi connectivity index (χ2v) is 8.31. The Morgan fingerprint density at radius 1 is 1.11 bits per heavy atom. The number of anilines is 2. The van der Waals surface area contributed by atoms with Crippen LogP contribution in [0.4, 0.5) is 11.4 Å². The van der Waals surface area contributed by atoms with Crippen LogP contribution in [0.3, 0.4) is 0 Å². The van der Waals surface area contributed by atoms with Gasteiger partial charge in [-0.1, -0.05) is 29.3 Å². The van der Waals surface area contributed by atoms with Crippen molar-refractivity contribution in [2.45, 2.75) is 0 Å². The number of carbonyl (C=O) groups excluding carboxylic acids is 1. The van der Waals surface area contributed by atoms with Gasteiger partial charge in [0, 0.05) is 13.1 Å². The Bertz CT molecular complexity index is 980. The second kappa shape index (κ2) is 8.24. The number of hydrogen-bond acceptors (Lipinski definition) is 5. The van der Waals surface area contributed by atoms with E-state index in [1.54, 1.807) is 18.2 Å². The highest BCUT2D eigenvalue weighted by atomic mass is 35.5. The molecule has 10 heteroatoms. The van der Waals surface area contributed by atoms with Gasteiger partial charge < -0.3 is 14.8 Å². The summed E-state index contributed by atoms with van der Waals surface area (Å²) < 4.78 is 35.4. The number of rotatable bonds is 6. The zero-order valence-corrected chi connectivity index (χ0v) is 17.4. The van der Waals surface area contributed by atoms with Gasteiger partial charge in [0.15, 0.2) is 11.5 Å². The van der Waals surface area contributed by atoms with E-state index in [9.17, 15) is 13.2 Å². The summed E-state index contributed by atoms with van der Waals surface area (Å²) in [7, 11) is 0.519. The van der Waals surface area contributed by atoms with Crippen molar-refractivity contribution >= 4 is 50.5 Å². The smallest absolute Gasteiger partial charge is 0.257 e. The summed E-state index contributed by atoms with van der Waals surface area (Å²) in [6, 6.07) is 7.59. The third-order valence-corrected chi connectivity index (χ3v) is 5.79. The summed E-state index contributed by atoms with van der Waals surface area (Å²) in [6.45, 7) is 0. The molecule has 0 spiro atoms. The first-order valence-corrected chi connectivity index (χ1v) is 10.2. The van der Waals surface area contributed by atoms with Crippen LogP contribution < -0.4 is 19.1 Å². The van der Waals surface area contributed by atoms with Crippen LogP contribution in [-0.4, -0.2) is 41.8 Å². The number of benzene rings is 2. The molecule has 0 saturated carbocycles. The van der Waals surface area contributed by atoms with Gasteiger partial charge in [0.1, 0.15) is 0 Å². The van der Waals surface area contributed by atoms with Crippen LogP contribution in [0.1, 0.15) is 10.4 Å². The maximum Gasteiger partial charge on any atom is 0.257 e. The molecule has 2 aromatic rings. The number of nitrogens with zero attached hydrogens (tertiary/aromatic N) is 1. The van der Waals surface area contributed by atoms with Gasteiger partial charge in [-0.05, 0) is 18.2 Å². The lowest BCUT2D eigenvalue weighted by atomic mass is 10.1. The first-order chi connectivity index (χ1) is 12.6. The van der Waals surface area contributed by atoms with E-state index < -0.39 is 15.9 Å². The quantitative estimate of drug-likeness (QED) is 0.752. The number of halogens is 2. The Balaban J connectivity index is 2.58. The van der Waals surface area contributed by atoms with Crippen molar-refractivity contribution in [2.24, 2.45) is 0 Å². The van der Waals surface area contributed by atoms with Gasteiger partial charge >= 0.3 is 0 Å². The Labute approximate surface area is 167 Å². The molecule has 0 fully saturated rings. The van der Waals surface area contributed by atoms with E-state index >= 15 is 0 Å². The highest BCUT2D eigenvalue weighted by Gasteiger charge is 2.24. The van der Waals surface area contributed by atoms with Gasteiger partial charge in [0.05, 0.1) is 47.5 Å². The highest BCUT2D eigenvalue weighted by molar-refractivity contribution is 7.92. The summed E-state index contributed by atoms with van der Waals surface area (Å²) in [6.07, 6.45) is 1.03. The van der Waals surface area contributed by atoms with Crippen LogP contribution >= 0.6 is 23.2 Å². The Kier molecular flexibility index (Phi) is 6.46. The largest absolute Gasteiger partial charge is 0.493 e. The van der Waals surface area contributed by atoms with Crippen molar-refractivity contribution in [3.05, 3.63) is 45.9 Å². The molecule has 0 atom stereocenters. The molecule has 27 heavy (non-hydrogen) atoms. The summed E-state index contributed by atoms with van der Waals surface area (Å²) in [5.74, 6) is -0.0450. The van der Waals surface area contributed by atoms with Gasteiger partial charge in [0.25, 0.3) is 5.91 Å². The van der Waals surface area contributed by atoms with Crippen molar-refractivity contribution in [1.29, 1.82) is 0 Å². The van der Waals surface area contributed by atoms with Crippen LogP contribution in [0.15, 0.2) is 30.3 Å². The van der Waals surface area contributed by atoms with E-state index in [4.69, 9.17) is 32.7 Å². The predicted molar refractivity (Wildman–Crippen MR) is 107 cm³/mol. The van der Waals surface area contributed by atoms with Gasteiger partial charge in [-0.2, -0.15) is 0 Å². The third-order valence-electron chi connectivity index (χ3n) is 3.78. The molecular formula is C17H18Cl2N2O5S. The molecule has 2 aromatic carbocycles. The average molecular weight is 433 g/mol. The Hall–Kier alpha value is -2.16. The lowest BCUT2D eigenvalue weighted by molar-refractivity contribution is 0.102. The SMILES string of the molecule is COc1cc(C(=O)Nc2cccc(Cl)c2Cl)c(N(C)S(C)(=O)=O)cc1OC. The lowest BCUT2D eigenvalue weighted by Gasteiger charge is -2.22. The monoisotopic (exact) mass is 432 g/mol. The number of carbonyl (C=O) groups is 1. The average Bonchev–Trinajstić information content (AvgIpc) is 2.62. The summed E-state index contributed by atoms with van der Waals surface area (Å²) >= 11 is 12.1. The fourth-order valence-corrected chi connectivity index (χ4v) is 3.14. The molecule has 0 saturated heterocycles. The molecule has 1 N–H and O–H groups in total. The van der Waals surface area contributed by atoms with E-state index in [0.717, 1.165) is 10.6 Å². The minimum atomic E-state index is -3.63. The number of amides is 1. The molecule has 0 aliphatic rings. The van der Waals surface area contributed by atoms with Gasteiger partial charge in [0.2, 0.25) is 10.0 Å². The molecule has 0 aliphatic heterocycles. The summed E-state index contributed by atoms with van der Waals surface area (Å²) in [5, 5.41) is 3.08. The van der Waals surface area contributed by atoms with Crippen LogP contribution in [0.2, 0.25) is 10.0 Å². The standard InChI is InChI=1S/C17H18Cl2N2O5S/c1-21(27(4,23)24)13-9-15(26-3)14(25-2)8-10(13)17(22)20-12-7-5-6-11(18)16(12)19/h5-9H,1-4H3,(H,20,22). The second-order valence-electron chi connectivity index (χ2n) is 5.51. The molecule has 0 bridgehead atoms. The minimum absolute atomic E-state index is 0.0524. The molecule has 146 valence electrons.